The number of phenolic OH excluding ortho intramolecular Hbond substituents is 1. The second-order valence-corrected chi connectivity index (χ2v) is 3.30. The highest BCUT2D eigenvalue weighted by Gasteiger charge is 2.11. The number of halogens is 1. The lowest BCUT2D eigenvalue weighted by Gasteiger charge is -2.14. The quantitative estimate of drug-likeness (QED) is 0.644. The number of phenols is 1. The molecular formula is C10H13FN2O3. The SMILES string of the molecule is CC(NOCC(N)=O)c1ccc(O)cc1F. The van der Waals surface area contributed by atoms with E-state index in [-0.39, 0.29) is 12.4 Å². The first-order chi connectivity index (χ1) is 7.50. The van der Waals surface area contributed by atoms with Gasteiger partial charge in [-0.15, -0.1) is 0 Å². The zero-order valence-corrected chi connectivity index (χ0v) is 8.74. The Morgan fingerprint density at radius 2 is 2.38 bits per heavy atom. The Bertz CT molecular complexity index is 384. The second-order valence-electron chi connectivity index (χ2n) is 3.30. The van der Waals surface area contributed by atoms with Gasteiger partial charge >= 0.3 is 0 Å². The Hall–Kier alpha value is -1.66. The van der Waals surface area contributed by atoms with E-state index >= 15 is 0 Å². The fraction of sp³-hybridized carbons (Fsp3) is 0.300. The van der Waals surface area contributed by atoms with E-state index in [1.165, 1.54) is 12.1 Å². The molecule has 1 aromatic rings. The minimum absolute atomic E-state index is 0.147. The van der Waals surface area contributed by atoms with Gasteiger partial charge in [0.1, 0.15) is 18.2 Å². The molecule has 0 aliphatic carbocycles. The van der Waals surface area contributed by atoms with Crippen molar-refractivity contribution < 1.29 is 19.1 Å². The number of carbonyl (C=O) groups is 1. The first-order valence-corrected chi connectivity index (χ1v) is 4.64. The number of nitrogens with two attached hydrogens (primary N) is 1. The molecule has 0 saturated carbocycles. The first kappa shape index (κ1) is 12.4. The van der Waals surface area contributed by atoms with Crippen LogP contribution in [-0.2, 0) is 9.63 Å². The van der Waals surface area contributed by atoms with E-state index in [0.717, 1.165) is 6.07 Å². The predicted octanol–water partition coefficient (Wildman–Crippen LogP) is 0.599. The van der Waals surface area contributed by atoms with Crippen molar-refractivity contribution in [3.8, 4) is 5.75 Å². The van der Waals surface area contributed by atoms with Gasteiger partial charge in [0.2, 0.25) is 5.91 Å². The van der Waals surface area contributed by atoms with Gasteiger partial charge in [-0.2, -0.15) is 5.48 Å². The number of primary amides is 1. The fourth-order valence-corrected chi connectivity index (χ4v) is 1.17. The monoisotopic (exact) mass is 228 g/mol. The van der Waals surface area contributed by atoms with Gasteiger partial charge in [-0.3, -0.25) is 9.63 Å². The maximum atomic E-state index is 13.3. The molecule has 16 heavy (non-hydrogen) atoms. The number of amides is 1. The summed E-state index contributed by atoms with van der Waals surface area (Å²) in [6, 6.07) is 3.34. The van der Waals surface area contributed by atoms with Gasteiger partial charge in [-0.05, 0) is 13.0 Å². The number of hydroxylamine groups is 1. The molecule has 0 fully saturated rings. The van der Waals surface area contributed by atoms with E-state index in [4.69, 9.17) is 15.7 Å². The van der Waals surface area contributed by atoms with Crippen LogP contribution in [0.4, 0.5) is 4.39 Å². The minimum atomic E-state index is -0.620. The number of benzene rings is 1. The highest BCUT2D eigenvalue weighted by atomic mass is 19.1. The van der Waals surface area contributed by atoms with Crippen LogP contribution in [0, 0.1) is 5.82 Å². The third-order valence-corrected chi connectivity index (χ3v) is 1.93. The van der Waals surface area contributed by atoms with E-state index in [2.05, 4.69) is 5.48 Å². The van der Waals surface area contributed by atoms with Gasteiger partial charge in [0.25, 0.3) is 0 Å². The van der Waals surface area contributed by atoms with Gasteiger partial charge in [-0.1, -0.05) is 6.07 Å². The van der Waals surface area contributed by atoms with Gasteiger partial charge in [0.15, 0.2) is 0 Å². The smallest absolute Gasteiger partial charge is 0.245 e. The summed E-state index contributed by atoms with van der Waals surface area (Å²) in [6.45, 7) is 1.36. The van der Waals surface area contributed by atoms with E-state index in [0.29, 0.717) is 5.56 Å². The van der Waals surface area contributed by atoms with Crippen LogP contribution in [0.15, 0.2) is 18.2 Å². The summed E-state index contributed by atoms with van der Waals surface area (Å²) in [4.78, 5) is 15.1. The minimum Gasteiger partial charge on any atom is -0.508 e. The molecule has 1 amide bonds. The van der Waals surface area contributed by atoms with Gasteiger partial charge in [0, 0.05) is 11.6 Å². The van der Waals surface area contributed by atoms with E-state index < -0.39 is 17.8 Å². The number of hydrogen-bond donors (Lipinski definition) is 3. The zero-order chi connectivity index (χ0) is 12.1. The molecule has 0 radical (unpaired) electrons. The van der Waals surface area contributed by atoms with Crippen molar-refractivity contribution in [3.05, 3.63) is 29.6 Å². The molecule has 0 heterocycles. The molecule has 0 aliphatic heterocycles. The normalized spacial score (nSPS) is 12.4. The van der Waals surface area contributed by atoms with Gasteiger partial charge in [-0.25, -0.2) is 4.39 Å². The largest absolute Gasteiger partial charge is 0.508 e. The molecule has 1 aromatic carbocycles. The highest BCUT2D eigenvalue weighted by Crippen LogP contribution is 2.20. The lowest BCUT2D eigenvalue weighted by atomic mass is 10.1. The number of rotatable bonds is 5. The average Bonchev–Trinajstić information content (AvgIpc) is 2.16. The summed E-state index contributed by atoms with van der Waals surface area (Å²) < 4.78 is 13.3. The van der Waals surface area contributed by atoms with Crippen molar-refractivity contribution in [2.45, 2.75) is 13.0 Å². The average molecular weight is 228 g/mol. The molecule has 5 nitrogen and oxygen atoms in total. The number of aromatic hydroxyl groups is 1. The van der Waals surface area contributed by atoms with Crippen LogP contribution in [0.5, 0.6) is 5.75 Å². The predicted molar refractivity (Wildman–Crippen MR) is 54.8 cm³/mol. The van der Waals surface area contributed by atoms with Crippen molar-refractivity contribution in [2.24, 2.45) is 5.73 Å². The molecule has 1 unspecified atom stereocenters. The van der Waals surface area contributed by atoms with Crippen LogP contribution >= 0.6 is 0 Å². The number of carbonyl (C=O) groups excluding carboxylic acids is 1. The van der Waals surface area contributed by atoms with Crippen molar-refractivity contribution in [1.82, 2.24) is 5.48 Å². The van der Waals surface area contributed by atoms with Crippen LogP contribution < -0.4 is 11.2 Å². The van der Waals surface area contributed by atoms with Crippen molar-refractivity contribution in [1.29, 1.82) is 0 Å². The highest BCUT2D eigenvalue weighted by molar-refractivity contribution is 5.74. The fourth-order valence-electron chi connectivity index (χ4n) is 1.17. The molecule has 1 atom stereocenters. The van der Waals surface area contributed by atoms with E-state index in [1.807, 2.05) is 0 Å². The molecule has 1 rings (SSSR count). The molecule has 0 bridgehead atoms. The summed E-state index contributed by atoms with van der Waals surface area (Å²) in [5.41, 5.74) is 7.65. The van der Waals surface area contributed by atoms with E-state index in [1.54, 1.807) is 6.92 Å². The summed E-state index contributed by atoms with van der Waals surface area (Å²) in [6.07, 6.45) is 0. The Labute approximate surface area is 92.0 Å². The number of hydrogen-bond acceptors (Lipinski definition) is 4. The van der Waals surface area contributed by atoms with Gasteiger partial charge in [0.05, 0.1) is 6.04 Å². The maximum absolute atomic E-state index is 13.3. The van der Waals surface area contributed by atoms with Crippen molar-refractivity contribution in [2.75, 3.05) is 6.61 Å². The van der Waals surface area contributed by atoms with E-state index in [9.17, 15) is 9.18 Å². The van der Waals surface area contributed by atoms with Crippen molar-refractivity contribution in [3.63, 3.8) is 0 Å². The lowest BCUT2D eigenvalue weighted by molar-refractivity contribution is -0.126. The molecule has 4 N–H and O–H groups in total. The third-order valence-electron chi connectivity index (χ3n) is 1.93. The van der Waals surface area contributed by atoms with Crippen LogP contribution in [0.2, 0.25) is 0 Å². The summed E-state index contributed by atoms with van der Waals surface area (Å²) in [7, 11) is 0. The summed E-state index contributed by atoms with van der Waals surface area (Å²) in [5, 5.41) is 9.02. The lowest BCUT2D eigenvalue weighted by Crippen LogP contribution is -2.27. The zero-order valence-electron chi connectivity index (χ0n) is 8.74. The third kappa shape index (κ3) is 3.48. The Kier molecular flexibility index (Phi) is 4.21. The molecular weight excluding hydrogens is 215 g/mol. The first-order valence-electron chi connectivity index (χ1n) is 4.64. The van der Waals surface area contributed by atoms with Crippen LogP contribution in [0.3, 0.4) is 0 Å². The molecule has 6 heteroatoms. The van der Waals surface area contributed by atoms with Crippen LogP contribution in [0.1, 0.15) is 18.5 Å². The Balaban J connectivity index is 2.58. The Morgan fingerprint density at radius 3 is 2.94 bits per heavy atom. The molecule has 0 saturated heterocycles. The molecule has 0 spiro atoms. The Morgan fingerprint density at radius 1 is 1.69 bits per heavy atom. The molecule has 88 valence electrons. The molecule has 0 aromatic heterocycles. The second kappa shape index (κ2) is 5.43. The molecule has 0 aliphatic rings. The van der Waals surface area contributed by atoms with Crippen LogP contribution in [0.25, 0.3) is 0 Å². The number of nitrogens with one attached hydrogen (secondary N) is 1. The van der Waals surface area contributed by atoms with Crippen LogP contribution in [-0.4, -0.2) is 17.6 Å². The van der Waals surface area contributed by atoms with Gasteiger partial charge < -0.3 is 10.8 Å². The maximum Gasteiger partial charge on any atom is 0.245 e. The van der Waals surface area contributed by atoms with Crippen molar-refractivity contribution >= 4 is 5.91 Å². The standard InChI is InChI=1S/C10H13FN2O3/c1-6(13-16-5-10(12)15)8-3-2-7(14)4-9(8)11/h2-4,6,13-14H,5H2,1H3,(H2,12,15). The summed E-state index contributed by atoms with van der Waals surface area (Å²) in [5.74, 6) is -1.32. The topological polar surface area (TPSA) is 84.6 Å². The summed E-state index contributed by atoms with van der Waals surface area (Å²) >= 11 is 0.